The summed E-state index contributed by atoms with van der Waals surface area (Å²) in [7, 11) is 7.17. The van der Waals surface area contributed by atoms with E-state index in [4.69, 9.17) is 23.7 Å². The molecule has 2 aromatic rings. The molecule has 0 radical (unpaired) electrons. The number of rotatable bonds is 8. The topological polar surface area (TPSA) is 66.4 Å². The fraction of sp³-hybridized carbons (Fsp3) is 0.500. The van der Waals surface area contributed by atoms with E-state index in [9.17, 15) is 5.11 Å². The number of methoxy groups -OCH3 is 3. The zero-order chi connectivity index (χ0) is 22.0. The van der Waals surface area contributed by atoms with E-state index >= 15 is 0 Å². The van der Waals surface area contributed by atoms with Gasteiger partial charge in [0.15, 0.2) is 23.0 Å². The lowest BCUT2D eigenvalue weighted by Gasteiger charge is -2.46. The third-order valence-electron chi connectivity index (χ3n) is 6.62. The van der Waals surface area contributed by atoms with Gasteiger partial charge in [0, 0.05) is 31.4 Å². The molecule has 0 saturated heterocycles. The van der Waals surface area contributed by atoms with Crippen molar-refractivity contribution in [3.05, 3.63) is 41.0 Å². The summed E-state index contributed by atoms with van der Waals surface area (Å²) < 4.78 is 28.8. The predicted molar refractivity (Wildman–Crippen MR) is 116 cm³/mol. The van der Waals surface area contributed by atoms with Crippen molar-refractivity contribution in [3.63, 3.8) is 0 Å². The minimum Gasteiger partial charge on any atom is -0.493 e. The smallest absolute Gasteiger partial charge is 0.231 e. The number of likely N-dealkylation sites (N-methyl/N-ethyl adjacent to an activating group) is 1. The number of nitrogens with zero attached hydrogens (tertiary/aromatic N) is 1. The van der Waals surface area contributed by atoms with Crippen LogP contribution in [0, 0.1) is 0 Å². The maximum absolute atomic E-state index is 9.51. The Morgan fingerprint density at radius 2 is 1.68 bits per heavy atom. The van der Waals surface area contributed by atoms with Gasteiger partial charge >= 0.3 is 0 Å². The zero-order valence-electron chi connectivity index (χ0n) is 18.8. The normalized spacial score (nSPS) is 21.5. The Morgan fingerprint density at radius 3 is 2.29 bits per heavy atom. The van der Waals surface area contributed by atoms with Gasteiger partial charge < -0.3 is 33.3 Å². The average Bonchev–Trinajstić information content (AvgIpc) is 3.25. The van der Waals surface area contributed by atoms with Gasteiger partial charge in [0.25, 0.3) is 0 Å². The second-order valence-corrected chi connectivity index (χ2v) is 8.41. The van der Waals surface area contributed by atoms with Gasteiger partial charge in [0.1, 0.15) is 6.04 Å². The van der Waals surface area contributed by atoms with Crippen LogP contribution in [0.25, 0.3) is 0 Å². The van der Waals surface area contributed by atoms with Gasteiger partial charge in [0.2, 0.25) is 12.5 Å². The van der Waals surface area contributed by atoms with Crippen molar-refractivity contribution in [3.8, 4) is 28.7 Å². The van der Waals surface area contributed by atoms with Gasteiger partial charge in [-0.05, 0) is 35.4 Å². The van der Waals surface area contributed by atoms with Crippen molar-refractivity contribution in [1.29, 1.82) is 0 Å². The Labute approximate surface area is 183 Å². The summed E-state index contributed by atoms with van der Waals surface area (Å²) in [6, 6.07) is 8.54. The highest BCUT2D eigenvalue weighted by atomic mass is 16.7. The summed E-state index contributed by atoms with van der Waals surface area (Å²) in [5.74, 6) is 3.55. The molecule has 0 saturated carbocycles. The fourth-order valence-corrected chi connectivity index (χ4v) is 4.90. The maximum atomic E-state index is 9.51. The first-order valence-corrected chi connectivity index (χ1v) is 10.7. The van der Waals surface area contributed by atoms with E-state index in [-0.39, 0.29) is 19.4 Å². The molecule has 0 aromatic heterocycles. The minimum absolute atomic E-state index is 0.193. The third kappa shape index (κ3) is 4.00. The predicted octanol–water partition coefficient (Wildman–Crippen LogP) is 3.11. The van der Waals surface area contributed by atoms with Gasteiger partial charge in [-0.25, -0.2) is 0 Å². The zero-order valence-corrected chi connectivity index (χ0v) is 18.8. The number of benzene rings is 2. The molecular weight excluding hydrogens is 398 g/mol. The van der Waals surface area contributed by atoms with Crippen LogP contribution >= 0.6 is 0 Å². The van der Waals surface area contributed by atoms with Crippen molar-refractivity contribution in [2.75, 3.05) is 54.9 Å². The molecule has 31 heavy (non-hydrogen) atoms. The molecule has 0 bridgehead atoms. The molecule has 4 rings (SSSR count). The Bertz CT molecular complexity index is 921. The summed E-state index contributed by atoms with van der Waals surface area (Å²) in [6.07, 6.45) is 2.53. The Kier molecular flexibility index (Phi) is 6.16. The summed E-state index contributed by atoms with van der Waals surface area (Å²) in [5.41, 5.74) is 3.70. The molecule has 7 nitrogen and oxygen atoms in total. The van der Waals surface area contributed by atoms with E-state index < -0.39 is 0 Å². The van der Waals surface area contributed by atoms with Crippen LogP contribution in [0.5, 0.6) is 28.7 Å². The van der Waals surface area contributed by atoms with Gasteiger partial charge in [-0.1, -0.05) is 0 Å². The number of aliphatic hydroxyl groups is 1. The second-order valence-electron chi connectivity index (χ2n) is 8.41. The van der Waals surface area contributed by atoms with Gasteiger partial charge in [-0.15, -0.1) is 0 Å². The van der Waals surface area contributed by atoms with Crippen LogP contribution in [0.1, 0.15) is 29.2 Å². The molecule has 0 fully saturated rings. The molecule has 2 aromatic carbocycles. The van der Waals surface area contributed by atoms with E-state index in [1.807, 2.05) is 12.1 Å². The number of hydrogen-bond acceptors (Lipinski definition) is 6. The van der Waals surface area contributed by atoms with Crippen molar-refractivity contribution in [2.45, 2.75) is 25.3 Å². The lowest BCUT2D eigenvalue weighted by Crippen LogP contribution is -2.52. The van der Waals surface area contributed by atoms with Crippen LogP contribution in [-0.2, 0) is 12.8 Å². The largest absolute Gasteiger partial charge is 0.493 e. The van der Waals surface area contributed by atoms with Crippen molar-refractivity contribution in [1.82, 2.24) is 0 Å². The average molecular weight is 431 g/mol. The highest BCUT2D eigenvalue weighted by Crippen LogP contribution is 2.45. The monoisotopic (exact) mass is 430 g/mol. The number of fused-ring (bicyclic) bond motifs is 2. The number of hydrogen-bond donors (Lipinski definition) is 1. The number of ether oxygens (including phenoxy) is 5. The van der Waals surface area contributed by atoms with Gasteiger partial charge in [-0.3, -0.25) is 0 Å². The molecule has 0 amide bonds. The third-order valence-corrected chi connectivity index (χ3v) is 6.62. The van der Waals surface area contributed by atoms with Crippen LogP contribution in [0.2, 0.25) is 0 Å². The molecule has 7 heteroatoms. The molecule has 2 aliphatic rings. The molecule has 1 N–H and O–H groups in total. The molecule has 2 aliphatic heterocycles. The molecule has 2 atom stereocenters. The summed E-state index contributed by atoms with van der Waals surface area (Å²) in [4.78, 5) is 0. The van der Waals surface area contributed by atoms with E-state index in [1.165, 1.54) is 11.1 Å². The van der Waals surface area contributed by atoms with Crippen LogP contribution in [-0.4, -0.2) is 64.5 Å². The summed E-state index contributed by atoms with van der Waals surface area (Å²) >= 11 is 0. The van der Waals surface area contributed by atoms with Crippen LogP contribution < -0.4 is 23.7 Å². The lowest BCUT2D eigenvalue weighted by molar-refractivity contribution is -0.941. The van der Waals surface area contributed by atoms with E-state index in [0.29, 0.717) is 17.2 Å². The Balaban J connectivity index is 1.77. The number of quaternary nitrogens is 1. The van der Waals surface area contributed by atoms with E-state index in [0.717, 1.165) is 53.9 Å². The first-order chi connectivity index (χ1) is 15.0. The standard InChI is InChI=1S/C24H32NO6/c1-25(7-5-9-26)8-6-17-13-20-21(31-15-30-20)14-18(17)19(25)10-16-11-22(27-2)24(29-4)23(12-16)28-3/h11-14,19,26H,5-10,15H2,1-4H3/q+1/t19-,25-/m1/s1. The van der Waals surface area contributed by atoms with Gasteiger partial charge in [-0.2, -0.15) is 0 Å². The molecule has 168 valence electrons. The van der Waals surface area contributed by atoms with E-state index in [1.54, 1.807) is 21.3 Å². The number of aliphatic hydroxyl groups excluding tert-OH is 1. The van der Waals surface area contributed by atoms with Crippen LogP contribution in [0.4, 0.5) is 0 Å². The second kappa shape index (κ2) is 8.85. The highest BCUT2D eigenvalue weighted by Gasteiger charge is 2.40. The SMILES string of the molecule is COc1cc(C[C@@H]2c3cc4c(cc3CC[N@@+]2(C)CCCO)OCO4)cc(OC)c1OC. The first kappa shape index (κ1) is 21.6. The van der Waals surface area contributed by atoms with Crippen molar-refractivity contribution < 1.29 is 33.3 Å². The quantitative estimate of drug-likeness (QED) is 0.650. The van der Waals surface area contributed by atoms with Crippen LogP contribution in [0.15, 0.2) is 24.3 Å². The Hall–Kier alpha value is -2.64. The summed E-state index contributed by atoms with van der Waals surface area (Å²) in [5, 5.41) is 9.51. The van der Waals surface area contributed by atoms with Crippen molar-refractivity contribution >= 4 is 0 Å². The Morgan fingerprint density at radius 1 is 1.00 bits per heavy atom. The van der Waals surface area contributed by atoms with Gasteiger partial charge in [0.05, 0.1) is 41.5 Å². The first-order valence-electron chi connectivity index (χ1n) is 10.7. The molecule has 0 spiro atoms. The highest BCUT2D eigenvalue weighted by molar-refractivity contribution is 5.55. The molecule has 0 unspecified atom stereocenters. The molecule has 0 aliphatic carbocycles. The molecule has 2 heterocycles. The van der Waals surface area contributed by atoms with Crippen LogP contribution in [0.3, 0.4) is 0 Å². The maximum Gasteiger partial charge on any atom is 0.231 e. The van der Waals surface area contributed by atoms with E-state index in [2.05, 4.69) is 19.2 Å². The lowest BCUT2D eigenvalue weighted by atomic mass is 9.86. The minimum atomic E-state index is 0.193. The summed E-state index contributed by atoms with van der Waals surface area (Å²) in [6.45, 7) is 2.37. The van der Waals surface area contributed by atoms with Crippen molar-refractivity contribution in [2.24, 2.45) is 0 Å². The fourth-order valence-electron chi connectivity index (χ4n) is 4.90. The molecular formula is C24H32NO6+.